The lowest BCUT2D eigenvalue weighted by atomic mass is 9.99. The van der Waals surface area contributed by atoms with Crippen LogP contribution in [-0.2, 0) is 14.3 Å². The van der Waals surface area contributed by atoms with Crippen LogP contribution in [0.5, 0.6) is 0 Å². The van der Waals surface area contributed by atoms with E-state index in [0.29, 0.717) is 12.8 Å². The number of ether oxygens (including phenoxy) is 2. The smallest absolute Gasteiger partial charge is 0.220 e. The van der Waals surface area contributed by atoms with Crippen molar-refractivity contribution in [2.75, 3.05) is 13.2 Å². The second-order valence-corrected chi connectivity index (χ2v) is 11.6. The number of carbonyl (C=O) groups excluding carboxylic acids is 1. The zero-order chi connectivity index (χ0) is 31.0. The summed E-state index contributed by atoms with van der Waals surface area (Å²) in [6.45, 7) is 3.64. The summed E-state index contributed by atoms with van der Waals surface area (Å²) < 4.78 is 11.1. The number of amides is 1. The summed E-state index contributed by atoms with van der Waals surface area (Å²) in [6, 6.07) is -0.811. The van der Waals surface area contributed by atoms with Crippen LogP contribution in [-0.4, -0.2) is 87.5 Å². The van der Waals surface area contributed by atoms with Gasteiger partial charge in [-0.2, -0.15) is 0 Å². The van der Waals surface area contributed by atoms with E-state index in [2.05, 4.69) is 31.3 Å². The Bertz CT molecular complexity index is 716. The Hall–Kier alpha value is -1.33. The van der Waals surface area contributed by atoms with Crippen molar-refractivity contribution in [2.24, 2.45) is 0 Å². The van der Waals surface area contributed by atoms with Crippen molar-refractivity contribution in [3.05, 3.63) is 24.3 Å². The van der Waals surface area contributed by atoms with Gasteiger partial charge in [0.15, 0.2) is 6.29 Å². The third-order valence-electron chi connectivity index (χ3n) is 7.77. The van der Waals surface area contributed by atoms with Gasteiger partial charge in [-0.15, -0.1) is 0 Å². The molecule has 7 atom stereocenters. The largest absolute Gasteiger partial charge is 0.394 e. The highest BCUT2D eigenvalue weighted by Crippen LogP contribution is 2.22. The van der Waals surface area contributed by atoms with Gasteiger partial charge in [-0.3, -0.25) is 4.79 Å². The first-order valence-electron chi connectivity index (χ1n) is 16.6. The molecule has 1 amide bonds. The Morgan fingerprint density at radius 2 is 1.33 bits per heavy atom. The highest BCUT2D eigenvalue weighted by atomic mass is 16.7. The number of hydrogen-bond donors (Lipinski definition) is 6. The van der Waals surface area contributed by atoms with Crippen LogP contribution in [0.2, 0.25) is 0 Å². The van der Waals surface area contributed by atoms with Crippen molar-refractivity contribution in [3.63, 3.8) is 0 Å². The summed E-state index contributed by atoms with van der Waals surface area (Å²) in [5.74, 6) is -0.218. The minimum Gasteiger partial charge on any atom is -0.394 e. The van der Waals surface area contributed by atoms with Crippen molar-refractivity contribution in [2.45, 2.75) is 166 Å². The minimum atomic E-state index is -1.56. The van der Waals surface area contributed by atoms with Crippen LogP contribution in [0.4, 0.5) is 0 Å². The first-order chi connectivity index (χ1) is 20.3. The number of rotatable bonds is 25. The predicted molar refractivity (Wildman–Crippen MR) is 166 cm³/mol. The highest BCUT2D eigenvalue weighted by molar-refractivity contribution is 5.76. The summed E-state index contributed by atoms with van der Waals surface area (Å²) >= 11 is 0. The maximum Gasteiger partial charge on any atom is 0.220 e. The summed E-state index contributed by atoms with van der Waals surface area (Å²) in [4.78, 5) is 12.7. The van der Waals surface area contributed by atoms with E-state index in [4.69, 9.17) is 9.47 Å². The lowest BCUT2D eigenvalue weighted by Crippen LogP contribution is -2.60. The second-order valence-electron chi connectivity index (χ2n) is 11.6. The molecular formula is C33H61NO8. The van der Waals surface area contributed by atoms with E-state index in [1.807, 2.05) is 6.08 Å². The van der Waals surface area contributed by atoms with Gasteiger partial charge in [0.1, 0.15) is 24.4 Å². The average Bonchev–Trinajstić information content (AvgIpc) is 2.98. The molecule has 1 saturated heterocycles. The van der Waals surface area contributed by atoms with Crippen LogP contribution in [0, 0.1) is 0 Å². The van der Waals surface area contributed by atoms with E-state index < -0.39 is 49.5 Å². The van der Waals surface area contributed by atoms with E-state index in [1.54, 1.807) is 6.08 Å². The molecule has 9 heteroatoms. The maximum atomic E-state index is 12.7. The Morgan fingerprint density at radius 1 is 0.786 bits per heavy atom. The summed E-state index contributed by atoms with van der Waals surface area (Å²) in [5.41, 5.74) is 0. The summed E-state index contributed by atoms with van der Waals surface area (Å²) in [5, 5.41) is 53.5. The Balaban J connectivity index is 2.58. The molecular weight excluding hydrogens is 538 g/mol. The van der Waals surface area contributed by atoms with Crippen LogP contribution in [0.1, 0.15) is 123 Å². The topological polar surface area (TPSA) is 149 Å². The van der Waals surface area contributed by atoms with Gasteiger partial charge in [-0.25, -0.2) is 0 Å². The number of carbonyl (C=O) groups is 1. The fourth-order valence-electron chi connectivity index (χ4n) is 4.98. The standard InChI is InChI=1S/C33H61NO8/c1-3-5-7-9-11-13-15-16-18-20-22-27(36)26(25-41-33-32(40)31(39)30(38)28(24-35)42-33)34-29(37)23-21-19-17-14-12-10-8-6-4-2/h14,17,20,22,26-28,30-33,35-36,38-40H,3-13,15-16,18-19,21,23-25H2,1-2H3,(H,34,37)/b17-14-,22-20+. The molecule has 1 rings (SSSR count). The lowest BCUT2D eigenvalue weighted by molar-refractivity contribution is -0.302. The molecule has 0 aromatic heterocycles. The number of aliphatic hydroxyl groups is 5. The highest BCUT2D eigenvalue weighted by Gasteiger charge is 2.44. The Labute approximate surface area is 254 Å². The number of allylic oxidation sites excluding steroid dienone is 3. The summed E-state index contributed by atoms with van der Waals surface area (Å²) in [6.07, 6.45) is 18.1. The Morgan fingerprint density at radius 3 is 1.95 bits per heavy atom. The molecule has 0 spiro atoms. The molecule has 246 valence electrons. The fourth-order valence-corrected chi connectivity index (χ4v) is 4.98. The molecule has 7 unspecified atom stereocenters. The van der Waals surface area contributed by atoms with E-state index in [1.165, 1.54) is 64.2 Å². The molecule has 9 nitrogen and oxygen atoms in total. The average molecular weight is 600 g/mol. The van der Waals surface area contributed by atoms with Crippen molar-refractivity contribution < 1.29 is 39.8 Å². The van der Waals surface area contributed by atoms with Crippen molar-refractivity contribution in [1.29, 1.82) is 0 Å². The number of hydrogen-bond acceptors (Lipinski definition) is 8. The zero-order valence-corrected chi connectivity index (χ0v) is 26.2. The third-order valence-corrected chi connectivity index (χ3v) is 7.77. The van der Waals surface area contributed by atoms with Crippen molar-refractivity contribution >= 4 is 5.91 Å². The van der Waals surface area contributed by atoms with E-state index in [-0.39, 0.29) is 12.5 Å². The zero-order valence-electron chi connectivity index (χ0n) is 26.2. The van der Waals surface area contributed by atoms with Gasteiger partial charge in [0.05, 0.1) is 25.4 Å². The van der Waals surface area contributed by atoms with E-state index in [9.17, 15) is 30.3 Å². The van der Waals surface area contributed by atoms with Crippen molar-refractivity contribution in [3.8, 4) is 0 Å². The lowest BCUT2D eigenvalue weighted by Gasteiger charge is -2.40. The van der Waals surface area contributed by atoms with Crippen LogP contribution < -0.4 is 5.32 Å². The summed E-state index contributed by atoms with van der Waals surface area (Å²) in [7, 11) is 0. The van der Waals surface area contributed by atoms with E-state index >= 15 is 0 Å². The first-order valence-corrected chi connectivity index (χ1v) is 16.6. The molecule has 6 N–H and O–H groups in total. The normalized spacial score (nSPS) is 24.4. The minimum absolute atomic E-state index is 0.199. The predicted octanol–water partition coefficient (Wildman–Crippen LogP) is 4.43. The molecule has 1 heterocycles. The van der Waals surface area contributed by atoms with E-state index in [0.717, 1.165) is 32.1 Å². The number of nitrogens with one attached hydrogen (secondary N) is 1. The van der Waals surface area contributed by atoms with Crippen LogP contribution in [0.3, 0.4) is 0 Å². The maximum absolute atomic E-state index is 12.7. The molecule has 1 aliphatic heterocycles. The SMILES string of the molecule is CCCCCC/C=C\CCCC(=O)NC(COC1OC(CO)C(O)C(O)C1O)C(O)/C=C/CCCCCCCCCC. The van der Waals surface area contributed by atoms with Gasteiger partial charge < -0.3 is 40.3 Å². The molecule has 0 aromatic rings. The van der Waals surface area contributed by atoms with Gasteiger partial charge >= 0.3 is 0 Å². The van der Waals surface area contributed by atoms with Gasteiger partial charge in [-0.05, 0) is 38.5 Å². The van der Waals surface area contributed by atoms with Crippen molar-refractivity contribution in [1.82, 2.24) is 5.32 Å². The molecule has 0 bridgehead atoms. The fraction of sp³-hybridized carbons (Fsp3) is 0.848. The molecule has 42 heavy (non-hydrogen) atoms. The van der Waals surface area contributed by atoms with Gasteiger partial charge in [0.2, 0.25) is 5.91 Å². The number of aliphatic hydroxyl groups excluding tert-OH is 5. The molecule has 1 fully saturated rings. The Kier molecular flexibility index (Phi) is 23.1. The van der Waals surface area contributed by atoms with Crippen LogP contribution in [0.25, 0.3) is 0 Å². The molecule has 0 radical (unpaired) electrons. The second kappa shape index (κ2) is 25.0. The van der Waals surface area contributed by atoms with Gasteiger partial charge in [0, 0.05) is 6.42 Å². The molecule has 0 aromatic carbocycles. The molecule has 0 aliphatic carbocycles. The van der Waals surface area contributed by atoms with Crippen LogP contribution in [0.15, 0.2) is 24.3 Å². The quantitative estimate of drug-likeness (QED) is 0.0667. The molecule has 0 saturated carbocycles. The van der Waals surface area contributed by atoms with Gasteiger partial charge in [-0.1, -0.05) is 102 Å². The van der Waals surface area contributed by atoms with Gasteiger partial charge in [0.25, 0.3) is 0 Å². The third kappa shape index (κ3) is 17.1. The first kappa shape index (κ1) is 38.7. The molecule has 1 aliphatic rings. The number of unbranched alkanes of at least 4 members (excludes halogenated alkanes) is 13. The monoisotopic (exact) mass is 599 g/mol. The van der Waals surface area contributed by atoms with Crippen LogP contribution >= 0.6 is 0 Å².